The third kappa shape index (κ3) is 3.01. The quantitative estimate of drug-likeness (QED) is 0.723. The zero-order valence-electron chi connectivity index (χ0n) is 6.30. The summed E-state index contributed by atoms with van der Waals surface area (Å²) in [4.78, 5) is 10.4. The maximum atomic E-state index is 12.1. The molecule has 72 valence electrons. The molecule has 1 N–H and O–H groups in total. The van der Waals surface area contributed by atoms with Gasteiger partial charge in [0.2, 0.25) is 0 Å². The number of hydrogen-bond donors (Lipinski definition) is 1. The second-order valence-corrected chi connectivity index (χ2v) is 2.35. The monoisotopic (exact) mass is 214 g/mol. The average Bonchev–Trinajstić information content (AvgIpc) is 2.03. The number of alkyl halides is 3. The molecule has 0 spiro atoms. The predicted molar refractivity (Wildman–Crippen MR) is 45.6 cm³/mol. The van der Waals surface area contributed by atoms with Crippen LogP contribution in [-0.2, 0) is 6.18 Å². The van der Waals surface area contributed by atoms with E-state index >= 15 is 0 Å². The second kappa shape index (κ2) is 4.82. The molecule has 1 aromatic rings. The van der Waals surface area contributed by atoms with E-state index in [1.807, 2.05) is 0 Å². The Bertz CT molecular complexity index is 336. The van der Waals surface area contributed by atoms with Gasteiger partial charge in [0.25, 0.3) is 0 Å². The van der Waals surface area contributed by atoms with Crippen molar-refractivity contribution in [3.8, 4) is 0 Å². The molecule has 0 fully saturated rings. The predicted octanol–water partition coefficient (Wildman–Crippen LogP) is 1.76. The zero-order valence-corrected chi connectivity index (χ0v) is 6.30. The van der Waals surface area contributed by atoms with Crippen molar-refractivity contribution in [1.82, 2.24) is 0 Å². The number of benzene rings is 1. The molecule has 0 bridgehead atoms. The molecule has 0 atom stereocenters. The van der Waals surface area contributed by atoms with Gasteiger partial charge < -0.3 is 5.11 Å². The Morgan fingerprint density at radius 2 is 1.71 bits per heavy atom. The molecule has 0 heterocycles. The molecular weight excluding hydrogens is 208 g/mol. The number of rotatable bonds is 1. The van der Waals surface area contributed by atoms with Crippen molar-refractivity contribution in [3.63, 3.8) is 0 Å². The normalized spacial score (nSPS) is 10.5. The third-order valence-electron chi connectivity index (χ3n) is 1.46. The standard InChI is InChI=1S/C8H5F3O2.Na.H/c9-8(10,11)6-4-2-1-3-5(6)7(12)13;;/h1-4H,(H,12,13);;. The molecule has 1 rings (SSSR count). The second-order valence-electron chi connectivity index (χ2n) is 2.35. The van der Waals surface area contributed by atoms with Crippen LogP contribution in [0.2, 0.25) is 0 Å². The minimum atomic E-state index is -4.62. The summed E-state index contributed by atoms with van der Waals surface area (Å²) in [7, 11) is 0. The van der Waals surface area contributed by atoms with Crippen LogP contribution < -0.4 is 0 Å². The van der Waals surface area contributed by atoms with Crippen molar-refractivity contribution in [3.05, 3.63) is 35.4 Å². The number of carboxylic acids is 1. The molecular formula is C8H6F3NaO2. The Labute approximate surface area is 100 Å². The van der Waals surface area contributed by atoms with Gasteiger partial charge in [-0.25, -0.2) is 4.79 Å². The molecule has 0 aliphatic rings. The number of hydrogen-bond acceptors (Lipinski definition) is 1. The van der Waals surface area contributed by atoms with E-state index in [9.17, 15) is 18.0 Å². The van der Waals surface area contributed by atoms with Crippen molar-refractivity contribution in [2.45, 2.75) is 6.18 Å². The van der Waals surface area contributed by atoms with Crippen LogP contribution in [0.1, 0.15) is 15.9 Å². The summed E-state index contributed by atoms with van der Waals surface area (Å²) in [6.45, 7) is 0. The summed E-state index contributed by atoms with van der Waals surface area (Å²) >= 11 is 0. The van der Waals surface area contributed by atoms with Gasteiger partial charge >= 0.3 is 41.7 Å². The Morgan fingerprint density at radius 1 is 1.21 bits per heavy atom. The van der Waals surface area contributed by atoms with E-state index in [0.29, 0.717) is 0 Å². The van der Waals surface area contributed by atoms with Crippen LogP contribution in [0, 0.1) is 0 Å². The molecule has 0 aliphatic heterocycles. The fourth-order valence-corrected chi connectivity index (χ4v) is 0.917. The first-order valence-electron chi connectivity index (χ1n) is 3.32. The molecule has 0 amide bonds. The first-order valence-corrected chi connectivity index (χ1v) is 3.32. The molecule has 0 saturated heterocycles. The fourth-order valence-electron chi connectivity index (χ4n) is 0.917. The van der Waals surface area contributed by atoms with Crippen LogP contribution in [0.4, 0.5) is 13.2 Å². The van der Waals surface area contributed by atoms with Crippen LogP contribution in [0.5, 0.6) is 0 Å². The Hall–Kier alpha value is -0.520. The van der Waals surface area contributed by atoms with Gasteiger partial charge in [0.1, 0.15) is 0 Å². The summed E-state index contributed by atoms with van der Waals surface area (Å²) in [6.07, 6.45) is -4.62. The topological polar surface area (TPSA) is 37.3 Å². The number of carbonyl (C=O) groups is 1. The molecule has 0 radical (unpaired) electrons. The van der Waals surface area contributed by atoms with Gasteiger partial charge in [-0.3, -0.25) is 0 Å². The van der Waals surface area contributed by atoms with Crippen LogP contribution >= 0.6 is 0 Å². The number of aromatic carboxylic acids is 1. The molecule has 0 aliphatic carbocycles. The van der Waals surface area contributed by atoms with Gasteiger partial charge in [-0.15, -0.1) is 0 Å². The van der Waals surface area contributed by atoms with Crippen LogP contribution in [-0.4, -0.2) is 40.6 Å². The SMILES string of the molecule is O=C(O)c1ccccc1C(F)(F)F.[NaH]. The van der Waals surface area contributed by atoms with Gasteiger partial charge in [-0.2, -0.15) is 13.2 Å². The van der Waals surface area contributed by atoms with Gasteiger partial charge in [0.05, 0.1) is 11.1 Å². The van der Waals surface area contributed by atoms with Gasteiger partial charge in [-0.05, 0) is 12.1 Å². The summed E-state index contributed by atoms with van der Waals surface area (Å²) in [5.74, 6) is -1.58. The maximum absolute atomic E-state index is 12.1. The number of halogens is 3. The van der Waals surface area contributed by atoms with E-state index in [1.54, 1.807) is 0 Å². The number of carboxylic acid groups (broad SMARTS) is 1. The third-order valence-corrected chi connectivity index (χ3v) is 1.46. The molecule has 0 unspecified atom stereocenters. The molecule has 2 nitrogen and oxygen atoms in total. The van der Waals surface area contributed by atoms with Crippen molar-refractivity contribution in [2.75, 3.05) is 0 Å². The summed E-state index contributed by atoms with van der Waals surface area (Å²) < 4.78 is 36.4. The Morgan fingerprint density at radius 3 is 2.07 bits per heavy atom. The molecule has 0 saturated carbocycles. The average molecular weight is 214 g/mol. The van der Waals surface area contributed by atoms with Crippen molar-refractivity contribution >= 4 is 35.5 Å². The van der Waals surface area contributed by atoms with Gasteiger partial charge in [0, 0.05) is 0 Å². The van der Waals surface area contributed by atoms with Crippen molar-refractivity contribution in [2.24, 2.45) is 0 Å². The molecule has 14 heavy (non-hydrogen) atoms. The zero-order chi connectivity index (χ0) is 10.1. The summed E-state index contributed by atoms with van der Waals surface area (Å²) in [5.41, 5.74) is -1.85. The Balaban J connectivity index is 0.00000169. The molecule has 6 heteroatoms. The van der Waals surface area contributed by atoms with E-state index in [-0.39, 0.29) is 29.6 Å². The van der Waals surface area contributed by atoms with Crippen molar-refractivity contribution < 1.29 is 23.1 Å². The van der Waals surface area contributed by atoms with Gasteiger partial charge in [0.15, 0.2) is 0 Å². The van der Waals surface area contributed by atoms with Crippen LogP contribution in [0.25, 0.3) is 0 Å². The van der Waals surface area contributed by atoms with E-state index < -0.39 is 23.3 Å². The summed E-state index contributed by atoms with van der Waals surface area (Å²) in [5, 5.41) is 8.43. The van der Waals surface area contributed by atoms with Crippen molar-refractivity contribution in [1.29, 1.82) is 0 Å². The van der Waals surface area contributed by atoms with Crippen LogP contribution in [0.15, 0.2) is 24.3 Å². The summed E-state index contributed by atoms with van der Waals surface area (Å²) in [6, 6.07) is 4.06. The van der Waals surface area contributed by atoms with E-state index in [4.69, 9.17) is 5.11 Å². The van der Waals surface area contributed by atoms with Crippen LogP contribution in [0.3, 0.4) is 0 Å². The van der Waals surface area contributed by atoms with Gasteiger partial charge in [-0.1, -0.05) is 12.1 Å². The minimum absolute atomic E-state index is 0. The van der Waals surface area contributed by atoms with E-state index in [0.717, 1.165) is 18.2 Å². The Kier molecular flexibility index (Phi) is 4.64. The van der Waals surface area contributed by atoms with E-state index in [1.165, 1.54) is 6.07 Å². The first-order chi connectivity index (χ1) is 5.93. The fraction of sp³-hybridized carbons (Fsp3) is 0.125. The molecule has 0 aromatic heterocycles. The molecule has 1 aromatic carbocycles. The first kappa shape index (κ1) is 13.5. The van der Waals surface area contributed by atoms with E-state index in [2.05, 4.69) is 0 Å².